The van der Waals surface area contributed by atoms with Crippen LogP contribution in [0.15, 0.2) is 70.5 Å². The van der Waals surface area contributed by atoms with Gasteiger partial charge < -0.3 is 10.1 Å². The average molecular weight is 564 g/mol. The molecule has 2 N–H and O–H groups in total. The number of ether oxygens (including phenoxy) is 1. The van der Waals surface area contributed by atoms with Gasteiger partial charge in [0.1, 0.15) is 4.90 Å². The smallest absolute Gasteiger partial charge is 0.261 e. The molecule has 0 unspecified atom stereocenters. The van der Waals surface area contributed by atoms with Gasteiger partial charge >= 0.3 is 0 Å². The number of morpholine rings is 1. The average Bonchev–Trinajstić information content (AvgIpc) is 2.87. The summed E-state index contributed by atoms with van der Waals surface area (Å²) in [6, 6.07) is 15.1. The standard InChI is InChI=1S/C25H26ClN3O6S2/c1-17-3-4-18(2)23(15-17)28-36(31,32)21-8-6-20(7-9-21)27-25(30)19-5-10-22(26)24(16-19)37(33,34)29-11-13-35-14-12-29/h3-10,15-16,28H,11-14H2,1-2H3,(H,27,30). The molecule has 1 heterocycles. The zero-order chi connectivity index (χ0) is 26.8. The normalized spacial score (nSPS) is 14.8. The molecule has 196 valence electrons. The molecule has 3 aromatic rings. The molecule has 3 aromatic carbocycles. The molecule has 12 heteroatoms. The molecule has 0 bridgehead atoms. The van der Waals surface area contributed by atoms with Gasteiger partial charge in [-0.1, -0.05) is 23.7 Å². The molecule has 1 saturated heterocycles. The number of hydrogen-bond donors (Lipinski definition) is 2. The van der Waals surface area contributed by atoms with Crippen molar-refractivity contribution < 1.29 is 26.4 Å². The maximum atomic E-state index is 13.0. The van der Waals surface area contributed by atoms with E-state index in [0.717, 1.165) is 11.1 Å². The molecule has 0 saturated carbocycles. The van der Waals surface area contributed by atoms with Gasteiger partial charge in [0.15, 0.2) is 0 Å². The van der Waals surface area contributed by atoms with Crippen molar-refractivity contribution in [1.29, 1.82) is 0 Å². The van der Waals surface area contributed by atoms with Crippen molar-refractivity contribution in [2.75, 3.05) is 36.3 Å². The number of carbonyl (C=O) groups excluding carboxylic acids is 1. The molecule has 37 heavy (non-hydrogen) atoms. The number of sulfonamides is 2. The lowest BCUT2D eigenvalue weighted by Crippen LogP contribution is -2.40. The van der Waals surface area contributed by atoms with Crippen molar-refractivity contribution in [3.05, 3.63) is 82.4 Å². The van der Waals surface area contributed by atoms with Gasteiger partial charge in [-0.3, -0.25) is 9.52 Å². The summed E-state index contributed by atoms with van der Waals surface area (Å²) in [7, 11) is -7.75. The third-order valence-electron chi connectivity index (χ3n) is 5.84. The summed E-state index contributed by atoms with van der Waals surface area (Å²) < 4.78 is 60.8. The van der Waals surface area contributed by atoms with E-state index < -0.39 is 26.0 Å². The van der Waals surface area contributed by atoms with Crippen LogP contribution in [0.1, 0.15) is 21.5 Å². The number of nitrogens with one attached hydrogen (secondary N) is 2. The lowest BCUT2D eigenvalue weighted by molar-refractivity contribution is 0.0730. The van der Waals surface area contributed by atoms with E-state index in [-0.39, 0.29) is 46.7 Å². The SMILES string of the molecule is Cc1ccc(C)c(NS(=O)(=O)c2ccc(NC(=O)c3ccc(Cl)c(S(=O)(=O)N4CCOCC4)c3)cc2)c1. The first-order valence-electron chi connectivity index (χ1n) is 11.4. The molecule has 0 aliphatic carbocycles. The number of nitrogens with zero attached hydrogens (tertiary/aromatic N) is 1. The van der Waals surface area contributed by atoms with Gasteiger partial charge in [0.2, 0.25) is 10.0 Å². The van der Waals surface area contributed by atoms with Crippen LogP contribution < -0.4 is 10.0 Å². The van der Waals surface area contributed by atoms with Gasteiger partial charge in [-0.2, -0.15) is 4.31 Å². The maximum Gasteiger partial charge on any atom is 0.261 e. The monoisotopic (exact) mass is 563 g/mol. The number of amides is 1. The summed E-state index contributed by atoms with van der Waals surface area (Å²) in [5.74, 6) is -0.570. The predicted molar refractivity (Wildman–Crippen MR) is 142 cm³/mol. The molecular weight excluding hydrogens is 538 g/mol. The molecule has 1 aliphatic rings. The minimum Gasteiger partial charge on any atom is -0.379 e. The molecule has 1 aliphatic heterocycles. The van der Waals surface area contributed by atoms with Crippen molar-refractivity contribution in [3.8, 4) is 0 Å². The quantitative estimate of drug-likeness (QED) is 0.447. The summed E-state index contributed by atoms with van der Waals surface area (Å²) in [6.07, 6.45) is 0. The summed E-state index contributed by atoms with van der Waals surface area (Å²) in [5, 5.41) is 2.66. The van der Waals surface area contributed by atoms with Crippen LogP contribution in [0, 0.1) is 13.8 Å². The third-order valence-corrected chi connectivity index (χ3v) is 9.60. The third kappa shape index (κ3) is 6.13. The van der Waals surface area contributed by atoms with Crippen LogP contribution in [0.25, 0.3) is 0 Å². The number of carbonyl (C=O) groups is 1. The van der Waals surface area contributed by atoms with Crippen molar-refractivity contribution in [2.45, 2.75) is 23.6 Å². The van der Waals surface area contributed by atoms with Crippen LogP contribution in [0.4, 0.5) is 11.4 Å². The first-order chi connectivity index (χ1) is 17.5. The van der Waals surface area contributed by atoms with Crippen molar-refractivity contribution >= 4 is 48.9 Å². The van der Waals surface area contributed by atoms with E-state index in [1.165, 1.54) is 46.8 Å². The Morgan fingerprint density at radius 2 is 1.59 bits per heavy atom. The summed E-state index contributed by atoms with van der Waals surface area (Å²) in [6.45, 7) is 4.64. The Morgan fingerprint density at radius 3 is 2.27 bits per heavy atom. The minimum atomic E-state index is -3.91. The van der Waals surface area contributed by atoms with E-state index in [4.69, 9.17) is 16.3 Å². The molecule has 1 amide bonds. The lowest BCUT2D eigenvalue weighted by Gasteiger charge is -2.26. The second kappa shape index (κ2) is 10.8. The number of hydrogen-bond acceptors (Lipinski definition) is 6. The Kier molecular flexibility index (Phi) is 7.91. The number of halogens is 1. The summed E-state index contributed by atoms with van der Waals surface area (Å²) in [5.41, 5.74) is 2.62. The maximum absolute atomic E-state index is 13.0. The highest BCUT2D eigenvalue weighted by Gasteiger charge is 2.29. The van der Waals surface area contributed by atoms with Crippen molar-refractivity contribution in [3.63, 3.8) is 0 Å². The largest absolute Gasteiger partial charge is 0.379 e. The van der Waals surface area contributed by atoms with E-state index in [2.05, 4.69) is 10.0 Å². The Balaban J connectivity index is 1.50. The zero-order valence-corrected chi connectivity index (χ0v) is 22.6. The highest BCUT2D eigenvalue weighted by molar-refractivity contribution is 7.92. The number of rotatable bonds is 7. The highest BCUT2D eigenvalue weighted by Crippen LogP contribution is 2.27. The fourth-order valence-electron chi connectivity index (χ4n) is 3.74. The zero-order valence-electron chi connectivity index (χ0n) is 20.2. The molecule has 4 rings (SSSR count). The Morgan fingerprint density at radius 1 is 0.919 bits per heavy atom. The molecule has 0 aromatic heterocycles. The van der Waals surface area contributed by atoms with Gasteiger partial charge in [0.05, 0.1) is 28.8 Å². The van der Waals surface area contributed by atoms with Crippen LogP contribution in [-0.2, 0) is 24.8 Å². The van der Waals surface area contributed by atoms with E-state index in [1.54, 1.807) is 6.07 Å². The van der Waals surface area contributed by atoms with E-state index in [0.29, 0.717) is 11.4 Å². The van der Waals surface area contributed by atoms with E-state index in [9.17, 15) is 21.6 Å². The predicted octanol–water partition coefficient (Wildman–Crippen LogP) is 4.03. The van der Waals surface area contributed by atoms with Crippen LogP contribution in [0.5, 0.6) is 0 Å². The lowest BCUT2D eigenvalue weighted by atomic mass is 10.1. The van der Waals surface area contributed by atoms with Gasteiger partial charge in [0, 0.05) is 24.3 Å². The van der Waals surface area contributed by atoms with Crippen LogP contribution >= 0.6 is 11.6 Å². The fourth-order valence-corrected chi connectivity index (χ4v) is 6.77. The second-order valence-electron chi connectivity index (χ2n) is 8.56. The van der Waals surface area contributed by atoms with Gasteiger partial charge in [-0.25, -0.2) is 16.8 Å². The Labute approximate surface area is 221 Å². The molecule has 9 nitrogen and oxygen atoms in total. The minimum absolute atomic E-state index is 0.00829. The Hall–Kier alpha value is -2.96. The van der Waals surface area contributed by atoms with Crippen molar-refractivity contribution in [2.24, 2.45) is 0 Å². The van der Waals surface area contributed by atoms with Gasteiger partial charge in [-0.05, 0) is 73.5 Å². The first-order valence-corrected chi connectivity index (χ1v) is 14.7. The molecule has 0 atom stereocenters. The topological polar surface area (TPSA) is 122 Å². The molecule has 1 fully saturated rings. The first kappa shape index (κ1) is 27.1. The van der Waals surface area contributed by atoms with Gasteiger partial charge in [-0.15, -0.1) is 0 Å². The molecular formula is C25H26ClN3O6S2. The molecule has 0 spiro atoms. The van der Waals surface area contributed by atoms with Crippen LogP contribution in [0.2, 0.25) is 5.02 Å². The van der Waals surface area contributed by atoms with Gasteiger partial charge in [0.25, 0.3) is 15.9 Å². The fraction of sp³-hybridized carbons (Fsp3) is 0.240. The Bertz CT molecular complexity index is 1540. The van der Waals surface area contributed by atoms with E-state index in [1.807, 2.05) is 26.0 Å². The van der Waals surface area contributed by atoms with E-state index >= 15 is 0 Å². The van der Waals surface area contributed by atoms with Crippen molar-refractivity contribution in [1.82, 2.24) is 4.31 Å². The molecule has 0 radical (unpaired) electrons. The number of anilines is 2. The highest BCUT2D eigenvalue weighted by atomic mass is 35.5. The van der Waals surface area contributed by atoms with Crippen LogP contribution in [0.3, 0.4) is 0 Å². The number of benzene rings is 3. The van der Waals surface area contributed by atoms with Crippen LogP contribution in [-0.4, -0.2) is 53.4 Å². The number of aryl methyl sites for hydroxylation is 2. The summed E-state index contributed by atoms with van der Waals surface area (Å²) in [4.78, 5) is 12.7. The summed E-state index contributed by atoms with van der Waals surface area (Å²) >= 11 is 6.17. The second-order valence-corrected chi connectivity index (χ2v) is 12.6.